The number of fused-ring (bicyclic) bond motifs is 1. The molecular formula is C28H37N4O4+. The molecule has 0 aromatic heterocycles. The zero-order valence-corrected chi connectivity index (χ0v) is 21.5. The van der Waals surface area contributed by atoms with Crippen LogP contribution in [0.15, 0.2) is 42.5 Å². The van der Waals surface area contributed by atoms with E-state index in [1.165, 1.54) is 6.42 Å². The van der Waals surface area contributed by atoms with Gasteiger partial charge in [0.1, 0.15) is 12.3 Å². The number of carbonyl (C=O) groups excluding carboxylic acids is 2. The van der Waals surface area contributed by atoms with Crippen LogP contribution in [0.2, 0.25) is 0 Å². The van der Waals surface area contributed by atoms with Gasteiger partial charge in [-0.2, -0.15) is 5.48 Å². The van der Waals surface area contributed by atoms with Crippen molar-refractivity contribution in [1.82, 2.24) is 4.90 Å². The normalized spacial score (nSPS) is 22.9. The number of cyclic esters (lactones) is 1. The second-order valence-electron chi connectivity index (χ2n) is 10.6. The minimum absolute atomic E-state index is 0.0895. The molecule has 5 rings (SSSR count). The first-order chi connectivity index (χ1) is 17.4. The lowest BCUT2D eigenvalue weighted by atomic mass is 9.91. The summed E-state index contributed by atoms with van der Waals surface area (Å²) in [5, 5.41) is 0. The van der Waals surface area contributed by atoms with Crippen LogP contribution >= 0.6 is 0 Å². The standard InChI is InChI=1S/C28H36N4O4/c1-19-14-20(2)17-31(16-19)27(33)21-8-9-26(24(15-21)29-35-3)30-12-10-23(11-13-30)32-25-7-5-4-6-22(25)18-36-28(32)34/h4-9,15,19-20,23,29H,10-14,16-18H2,1-3H3/p+1. The largest absolute Gasteiger partial charge is 0.444 e. The Morgan fingerprint density at radius 3 is 2.47 bits per heavy atom. The third kappa shape index (κ3) is 4.92. The number of nitrogens with two attached hydrogens (primary N) is 1. The van der Waals surface area contributed by atoms with Gasteiger partial charge in [-0.25, -0.2) is 9.63 Å². The van der Waals surface area contributed by atoms with Crippen molar-refractivity contribution in [1.29, 1.82) is 0 Å². The van der Waals surface area contributed by atoms with E-state index in [-0.39, 0.29) is 18.0 Å². The highest BCUT2D eigenvalue weighted by atomic mass is 16.6. The summed E-state index contributed by atoms with van der Waals surface area (Å²) >= 11 is 0. The lowest BCUT2D eigenvalue weighted by Crippen LogP contribution is -2.76. The molecule has 2 aromatic carbocycles. The highest BCUT2D eigenvalue weighted by Crippen LogP contribution is 2.34. The molecule has 192 valence electrons. The number of benzene rings is 2. The quantitative estimate of drug-likeness (QED) is 0.508. The third-order valence-corrected chi connectivity index (χ3v) is 7.64. The predicted molar refractivity (Wildman–Crippen MR) is 138 cm³/mol. The van der Waals surface area contributed by atoms with Crippen molar-refractivity contribution in [3.8, 4) is 0 Å². The fourth-order valence-electron chi connectivity index (χ4n) is 6.09. The summed E-state index contributed by atoms with van der Waals surface area (Å²) in [6.45, 7) is 7.99. The van der Waals surface area contributed by atoms with Gasteiger partial charge in [0.25, 0.3) is 5.91 Å². The first-order valence-electron chi connectivity index (χ1n) is 13.0. The molecule has 3 heterocycles. The Morgan fingerprint density at radius 1 is 1.03 bits per heavy atom. The topological polar surface area (TPSA) is 78.9 Å². The number of ether oxygens (including phenoxy) is 1. The number of likely N-dealkylation sites (tertiary alicyclic amines) is 1. The lowest BCUT2D eigenvalue weighted by Gasteiger charge is -2.41. The van der Waals surface area contributed by atoms with Crippen LogP contribution in [-0.2, 0) is 16.2 Å². The molecule has 2 N–H and O–H groups in total. The van der Waals surface area contributed by atoms with Gasteiger partial charge in [-0.3, -0.25) is 9.69 Å². The fraction of sp³-hybridized carbons (Fsp3) is 0.500. The Morgan fingerprint density at radius 2 is 1.75 bits per heavy atom. The van der Waals surface area contributed by atoms with Crippen LogP contribution in [-0.4, -0.2) is 56.2 Å². The van der Waals surface area contributed by atoms with Crippen molar-refractivity contribution in [2.24, 2.45) is 11.8 Å². The van der Waals surface area contributed by atoms with E-state index in [0.29, 0.717) is 24.0 Å². The van der Waals surface area contributed by atoms with E-state index >= 15 is 0 Å². The number of nitrogens with zero attached hydrogens (tertiary/aromatic N) is 3. The van der Waals surface area contributed by atoms with Gasteiger partial charge in [-0.05, 0) is 49.3 Å². The zero-order chi connectivity index (χ0) is 25.2. The number of para-hydroxylation sites is 1. The Hall–Kier alpha value is -3.10. The van der Waals surface area contributed by atoms with Gasteiger partial charge in [0.15, 0.2) is 5.69 Å². The Balaban J connectivity index is 1.30. The summed E-state index contributed by atoms with van der Waals surface area (Å²) in [6, 6.07) is 14.0. The number of hydrogen-bond acceptors (Lipinski definition) is 5. The second-order valence-corrected chi connectivity index (χ2v) is 10.6. The van der Waals surface area contributed by atoms with Crippen LogP contribution < -0.4 is 15.3 Å². The van der Waals surface area contributed by atoms with Crippen molar-refractivity contribution in [3.63, 3.8) is 0 Å². The van der Waals surface area contributed by atoms with Crippen LogP contribution in [0.5, 0.6) is 0 Å². The van der Waals surface area contributed by atoms with Crippen molar-refractivity contribution in [2.75, 3.05) is 43.1 Å². The molecule has 0 spiro atoms. The second kappa shape index (κ2) is 10.5. The van der Waals surface area contributed by atoms with E-state index in [1.54, 1.807) is 12.6 Å². The van der Waals surface area contributed by atoms with E-state index in [1.807, 2.05) is 52.3 Å². The van der Waals surface area contributed by atoms with Crippen molar-refractivity contribution < 1.29 is 24.6 Å². The number of quaternary nitrogens is 1. The average Bonchev–Trinajstić information content (AvgIpc) is 2.88. The van der Waals surface area contributed by atoms with E-state index in [0.717, 1.165) is 61.6 Å². The molecule has 8 heteroatoms. The average molecular weight is 494 g/mol. The minimum Gasteiger partial charge on any atom is -0.444 e. The first kappa shape index (κ1) is 24.6. The molecule has 0 radical (unpaired) electrons. The molecule has 2 atom stereocenters. The van der Waals surface area contributed by atoms with E-state index in [4.69, 9.17) is 9.57 Å². The Kier molecular flexibility index (Phi) is 7.16. The summed E-state index contributed by atoms with van der Waals surface area (Å²) < 4.78 is 5.45. The van der Waals surface area contributed by atoms with E-state index in [2.05, 4.69) is 18.7 Å². The number of amides is 2. The van der Waals surface area contributed by atoms with Crippen LogP contribution in [0.25, 0.3) is 0 Å². The zero-order valence-electron chi connectivity index (χ0n) is 21.5. The van der Waals surface area contributed by atoms with Crippen LogP contribution in [0.1, 0.15) is 49.0 Å². The number of rotatable bonds is 5. The lowest BCUT2D eigenvalue weighted by molar-refractivity contribution is -0.829. The summed E-state index contributed by atoms with van der Waals surface area (Å²) in [7, 11) is 1.64. The van der Waals surface area contributed by atoms with Gasteiger partial charge in [-0.15, -0.1) is 0 Å². The molecule has 2 saturated heterocycles. The van der Waals surface area contributed by atoms with Crippen molar-refractivity contribution >= 4 is 29.1 Å². The number of anilines is 2. The molecule has 36 heavy (non-hydrogen) atoms. The maximum atomic E-state index is 13.3. The van der Waals surface area contributed by atoms with E-state index in [9.17, 15) is 9.59 Å². The maximum absolute atomic E-state index is 13.3. The van der Waals surface area contributed by atoms with Crippen LogP contribution in [0.4, 0.5) is 21.9 Å². The molecule has 2 fully saturated rings. The fourth-order valence-corrected chi connectivity index (χ4v) is 6.09. The molecule has 0 aliphatic carbocycles. The SMILES string of the molecule is CO[NH2+]c1cc(C(=O)N2CC(C)CC(C)C2)ccc1N1CCC(N2C(=O)OCc3ccccc32)CC1. The van der Waals surface area contributed by atoms with Gasteiger partial charge in [0.2, 0.25) is 0 Å². The summed E-state index contributed by atoms with van der Waals surface area (Å²) in [5.74, 6) is 1.13. The molecular weight excluding hydrogens is 456 g/mol. The molecule has 2 amide bonds. The van der Waals surface area contributed by atoms with Gasteiger partial charge in [0, 0.05) is 49.4 Å². The molecule has 2 unspecified atom stereocenters. The minimum atomic E-state index is -0.259. The first-order valence-corrected chi connectivity index (χ1v) is 13.0. The monoisotopic (exact) mass is 493 g/mol. The Bertz CT molecular complexity index is 1100. The summed E-state index contributed by atoms with van der Waals surface area (Å²) in [5.41, 5.74) is 6.39. The smallest absolute Gasteiger partial charge is 0.414 e. The maximum Gasteiger partial charge on any atom is 0.414 e. The molecule has 0 saturated carbocycles. The van der Waals surface area contributed by atoms with Crippen molar-refractivity contribution in [3.05, 3.63) is 53.6 Å². The van der Waals surface area contributed by atoms with Gasteiger partial charge in [-0.1, -0.05) is 32.0 Å². The number of piperidine rings is 2. The summed E-state index contributed by atoms with van der Waals surface area (Å²) in [6.07, 6.45) is 2.58. The molecule has 8 nitrogen and oxygen atoms in total. The number of hydrogen-bond donors (Lipinski definition) is 1. The molecule has 3 aliphatic heterocycles. The van der Waals surface area contributed by atoms with Gasteiger partial charge >= 0.3 is 6.09 Å². The molecule has 0 bridgehead atoms. The highest BCUT2D eigenvalue weighted by Gasteiger charge is 2.35. The number of carbonyl (C=O) groups is 2. The molecule has 2 aromatic rings. The van der Waals surface area contributed by atoms with Gasteiger partial charge < -0.3 is 14.5 Å². The summed E-state index contributed by atoms with van der Waals surface area (Å²) in [4.78, 5) is 37.5. The highest BCUT2D eigenvalue weighted by molar-refractivity contribution is 5.96. The Labute approximate surface area is 213 Å². The van der Waals surface area contributed by atoms with Crippen molar-refractivity contribution in [2.45, 2.75) is 45.8 Å². The predicted octanol–water partition coefficient (Wildman–Crippen LogP) is 3.69. The van der Waals surface area contributed by atoms with Crippen LogP contribution in [0.3, 0.4) is 0 Å². The third-order valence-electron chi connectivity index (χ3n) is 7.64. The van der Waals surface area contributed by atoms with E-state index < -0.39 is 0 Å². The van der Waals surface area contributed by atoms with Gasteiger partial charge in [0.05, 0.1) is 12.8 Å². The molecule has 3 aliphatic rings. The van der Waals surface area contributed by atoms with Crippen LogP contribution in [0, 0.1) is 11.8 Å².